The van der Waals surface area contributed by atoms with Crippen molar-refractivity contribution in [1.29, 1.82) is 0 Å². The summed E-state index contributed by atoms with van der Waals surface area (Å²) in [5.74, 6) is -0.712. The lowest BCUT2D eigenvalue weighted by Crippen LogP contribution is -2.30. The number of ketones is 1. The van der Waals surface area contributed by atoms with Gasteiger partial charge in [-0.15, -0.1) is 0 Å². The number of amides is 2. The summed E-state index contributed by atoms with van der Waals surface area (Å²) < 4.78 is 11.0. The molecule has 0 spiro atoms. The van der Waals surface area contributed by atoms with Crippen LogP contribution in [0.15, 0.2) is 108 Å². The number of fused-ring (bicyclic) bond motifs is 1. The van der Waals surface area contributed by atoms with Gasteiger partial charge in [0.05, 0.1) is 25.5 Å². The number of hydrazone groups is 1. The molecule has 0 bridgehead atoms. The molecule has 41 heavy (non-hydrogen) atoms. The maximum Gasteiger partial charge on any atom is 0.259 e. The molecule has 2 amide bonds. The van der Waals surface area contributed by atoms with Gasteiger partial charge in [0.1, 0.15) is 22.9 Å². The minimum atomic E-state index is -0.541. The van der Waals surface area contributed by atoms with Crippen molar-refractivity contribution in [3.05, 3.63) is 119 Å². The second-order valence-electron chi connectivity index (χ2n) is 8.94. The van der Waals surface area contributed by atoms with Crippen LogP contribution < -0.4 is 25.5 Å². The van der Waals surface area contributed by atoms with E-state index >= 15 is 0 Å². The van der Waals surface area contributed by atoms with Crippen molar-refractivity contribution in [2.45, 2.75) is 0 Å². The molecule has 9 nitrogen and oxygen atoms in total. The summed E-state index contributed by atoms with van der Waals surface area (Å²) in [7, 11) is 2.94. The molecular weight excluding hydrogens is 520 g/mol. The number of carbonyl (C=O) groups excluding carboxylic acids is 3. The quantitative estimate of drug-likeness (QED) is 0.202. The van der Waals surface area contributed by atoms with Gasteiger partial charge in [-0.2, -0.15) is 5.10 Å². The number of anilines is 3. The van der Waals surface area contributed by atoms with Crippen molar-refractivity contribution >= 4 is 46.4 Å². The van der Waals surface area contributed by atoms with Crippen molar-refractivity contribution in [3.8, 4) is 11.5 Å². The highest BCUT2D eigenvalue weighted by molar-refractivity contribution is 6.59. The maximum absolute atomic E-state index is 13.5. The Morgan fingerprint density at radius 2 is 1.32 bits per heavy atom. The number of nitrogens with one attached hydrogen (secondary N) is 3. The lowest BCUT2D eigenvalue weighted by molar-refractivity contribution is -0.116. The highest BCUT2D eigenvalue weighted by Gasteiger charge is 2.30. The van der Waals surface area contributed by atoms with Crippen molar-refractivity contribution in [2.75, 3.05) is 30.3 Å². The van der Waals surface area contributed by atoms with E-state index in [0.29, 0.717) is 45.3 Å². The van der Waals surface area contributed by atoms with Crippen LogP contribution in [-0.4, -0.2) is 37.5 Å². The zero-order valence-corrected chi connectivity index (χ0v) is 22.3. The van der Waals surface area contributed by atoms with E-state index in [-0.39, 0.29) is 17.2 Å². The van der Waals surface area contributed by atoms with E-state index in [1.807, 2.05) is 18.2 Å². The number of methoxy groups -OCH3 is 2. The van der Waals surface area contributed by atoms with E-state index in [0.717, 1.165) is 0 Å². The Labute approximate surface area is 236 Å². The van der Waals surface area contributed by atoms with Crippen LogP contribution in [0.1, 0.15) is 21.5 Å². The van der Waals surface area contributed by atoms with Gasteiger partial charge in [-0.25, -0.2) is 0 Å². The number of nitrogens with zero attached hydrogens (tertiary/aromatic N) is 1. The Kier molecular flexibility index (Phi) is 7.87. The van der Waals surface area contributed by atoms with Crippen LogP contribution in [0.3, 0.4) is 0 Å². The number of benzene rings is 4. The van der Waals surface area contributed by atoms with Gasteiger partial charge in [0.25, 0.3) is 11.8 Å². The monoisotopic (exact) mass is 546 g/mol. The van der Waals surface area contributed by atoms with Crippen LogP contribution in [-0.2, 0) is 9.59 Å². The lowest BCUT2D eigenvalue weighted by Gasteiger charge is -2.18. The summed E-state index contributed by atoms with van der Waals surface area (Å²) in [5, 5.41) is 10.0. The first kappa shape index (κ1) is 26.9. The van der Waals surface area contributed by atoms with E-state index in [2.05, 4.69) is 21.2 Å². The first-order chi connectivity index (χ1) is 20.0. The second kappa shape index (κ2) is 12.0. The smallest absolute Gasteiger partial charge is 0.259 e. The molecule has 0 aromatic heterocycles. The van der Waals surface area contributed by atoms with Gasteiger partial charge in [0.15, 0.2) is 0 Å². The van der Waals surface area contributed by atoms with Crippen LogP contribution in [0, 0.1) is 0 Å². The Morgan fingerprint density at radius 1 is 0.707 bits per heavy atom. The molecule has 1 aliphatic rings. The van der Waals surface area contributed by atoms with Crippen LogP contribution in [0.4, 0.5) is 17.1 Å². The summed E-state index contributed by atoms with van der Waals surface area (Å²) in [4.78, 5) is 39.3. The minimum absolute atomic E-state index is 0.0448. The largest absolute Gasteiger partial charge is 0.494 e. The summed E-state index contributed by atoms with van der Waals surface area (Å²) in [6.45, 7) is 0. The zero-order chi connectivity index (χ0) is 28.8. The third-order valence-electron chi connectivity index (χ3n) is 6.35. The molecule has 9 heteroatoms. The molecule has 3 N–H and O–H groups in total. The molecule has 0 radical (unpaired) electrons. The fourth-order valence-electron chi connectivity index (χ4n) is 4.29. The van der Waals surface area contributed by atoms with Gasteiger partial charge in [-0.1, -0.05) is 60.7 Å². The molecule has 4 aromatic carbocycles. The van der Waals surface area contributed by atoms with Crippen LogP contribution >= 0.6 is 0 Å². The van der Waals surface area contributed by atoms with Crippen molar-refractivity contribution in [1.82, 2.24) is 0 Å². The molecule has 204 valence electrons. The number of ether oxygens (including phenoxy) is 2. The number of hydrogen-bond donors (Lipinski definition) is 3. The number of rotatable bonds is 8. The van der Waals surface area contributed by atoms with Gasteiger partial charge in [0, 0.05) is 28.9 Å². The SMILES string of the molecule is COc1cc(NC(=O)c2ccccc2)c(OC)cc1NN=C1C(=O)C(C(=O)Nc2ccccc2)=Cc2ccccc21. The van der Waals surface area contributed by atoms with Crippen molar-refractivity contribution in [3.63, 3.8) is 0 Å². The molecule has 0 heterocycles. The predicted molar refractivity (Wildman–Crippen MR) is 159 cm³/mol. The van der Waals surface area contributed by atoms with Gasteiger partial charge in [-0.3, -0.25) is 19.8 Å². The Morgan fingerprint density at radius 3 is 2.02 bits per heavy atom. The molecule has 0 saturated carbocycles. The maximum atomic E-state index is 13.5. The summed E-state index contributed by atoms with van der Waals surface area (Å²) in [5.41, 5.74) is 5.97. The average Bonchev–Trinajstić information content (AvgIpc) is 3.01. The van der Waals surface area contributed by atoms with E-state index in [9.17, 15) is 14.4 Å². The zero-order valence-electron chi connectivity index (χ0n) is 22.3. The molecule has 0 saturated heterocycles. The molecule has 4 aromatic rings. The van der Waals surface area contributed by atoms with Crippen LogP contribution in [0.25, 0.3) is 6.08 Å². The standard InChI is InChI=1S/C32H26N4O5/c1-40-27-19-26(28(41-2)18-25(27)34-31(38)20-11-5-3-6-12-20)35-36-29-23-16-10-9-13-21(23)17-24(30(29)37)32(39)33-22-14-7-4-8-15-22/h3-19,35H,1-2H3,(H,33,39)(H,34,38). The third-order valence-corrected chi connectivity index (χ3v) is 6.35. The summed E-state index contributed by atoms with van der Waals surface area (Å²) in [6.07, 6.45) is 1.56. The Bertz CT molecular complexity index is 1680. The Balaban J connectivity index is 1.45. The average molecular weight is 547 g/mol. The van der Waals surface area contributed by atoms with E-state index in [1.54, 1.807) is 84.9 Å². The van der Waals surface area contributed by atoms with Gasteiger partial charge in [0.2, 0.25) is 5.78 Å². The number of hydrogen-bond acceptors (Lipinski definition) is 7. The first-order valence-corrected chi connectivity index (χ1v) is 12.7. The number of carbonyl (C=O) groups is 3. The van der Waals surface area contributed by atoms with E-state index in [1.165, 1.54) is 14.2 Å². The molecule has 0 fully saturated rings. The number of Topliss-reactive ketones (excluding diaryl/α,β-unsaturated/α-hetero) is 1. The molecule has 5 rings (SSSR count). The van der Waals surface area contributed by atoms with Crippen molar-refractivity contribution < 1.29 is 23.9 Å². The summed E-state index contributed by atoms with van der Waals surface area (Å²) >= 11 is 0. The molecule has 1 aliphatic carbocycles. The fraction of sp³-hybridized carbons (Fsp3) is 0.0625. The van der Waals surface area contributed by atoms with Gasteiger partial charge in [-0.05, 0) is 35.9 Å². The van der Waals surface area contributed by atoms with E-state index < -0.39 is 11.7 Å². The van der Waals surface area contributed by atoms with Crippen LogP contribution in [0.2, 0.25) is 0 Å². The van der Waals surface area contributed by atoms with E-state index in [4.69, 9.17) is 9.47 Å². The lowest BCUT2D eigenvalue weighted by atomic mass is 9.89. The molecule has 0 unspecified atom stereocenters. The number of para-hydroxylation sites is 1. The molecule has 0 aliphatic heterocycles. The van der Waals surface area contributed by atoms with Gasteiger partial charge >= 0.3 is 0 Å². The topological polar surface area (TPSA) is 118 Å². The normalized spacial score (nSPS) is 13.1. The fourth-order valence-corrected chi connectivity index (χ4v) is 4.29. The third kappa shape index (κ3) is 5.84. The van der Waals surface area contributed by atoms with Crippen molar-refractivity contribution in [2.24, 2.45) is 5.10 Å². The molecule has 0 atom stereocenters. The minimum Gasteiger partial charge on any atom is -0.494 e. The second-order valence-corrected chi connectivity index (χ2v) is 8.94. The van der Waals surface area contributed by atoms with Crippen LogP contribution in [0.5, 0.6) is 11.5 Å². The predicted octanol–water partition coefficient (Wildman–Crippen LogP) is 5.38. The summed E-state index contributed by atoms with van der Waals surface area (Å²) in [6, 6.07) is 28.0. The van der Waals surface area contributed by atoms with Gasteiger partial charge < -0.3 is 20.1 Å². The highest BCUT2D eigenvalue weighted by atomic mass is 16.5. The first-order valence-electron chi connectivity index (χ1n) is 12.7. The molecular formula is C32H26N4O5. The Hall–Kier alpha value is -5.70. The highest BCUT2D eigenvalue weighted by Crippen LogP contribution is 2.37.